The Labute approximate surface area is 274 Å². The number of methoxy groups -OCH3 is 1. The lowest BCUT2D eigenvalue weighted by atomic mass is 9.63. The van der Waals surface area contributed by atoms with Gasteiger partial charge in [0.25, 0.3) is 0 Å². The number of halogens is 2. The highest BCUT2D eigenvalue weighted by molar-refractivity contribution is 14.1. The van der Waals surface area contributed by atoms with Crippen molar-refractivity contribution in [1.29, 1.82) is 0 Å². The van der Waals surface area contributed by atoms with Gasteiger partial charge in [0.15, 0.2) is 23.1 Å². The number of rotatable bonds is 10. The summed E-state index contributed by atoms with van der Waals surface area (Å²) in [7, 11) is 1.70. The largest absolute Gasteiger partial charge is 0.490 e. The number of Topliss-reactive ketones (excluding diaryl/α,β-unsaturated/α-hetero) is 2. The minimum absolute atomic E-state index is 0.0987. The molecule has 0 saturated carbocycles. The van der Waals surface area contributed by atoms with E-state index >= 15 is 0 Å². The molecule has 0 fully saturated rings. The molecule has 0 bridgehead atoms. The number of allylic oxidation sites excluding steroid dienone is 4. The molecule has 1 heterocycles. The molecule has 236 valence electrons. The zero-order valence-corrected chi connectivity index (χ0v) is 28.8. The molecule has 8 heteroatoms. The SMILES string of the molecule is CCOc1cc(C2C3=C(CC(C)(C)CC3=O)N(CCCOC)C3=C2C(=O)CC(C)(C)C3)cc(I)c1OCc1cccc(F)c1. The van der Waals surface area contributed by atoms with Crippen LogP contribution in [-0.4, -0.2) is 43.3 Å². The number of hydrogen-bond acceptors (Lipinski definition) is 6. The highest BCUT2D eigenvalue weighted by Gasteiger charge is 2.49. The molecule has 1 aliphatic heterocycles. The van der Waals surface area contributed by atoms with Crippen LogP contribution < -0.4 is 9.47 Å². The summed E-state index contributed by atoms with van der Waals surface area (Å²) in [4.78, 5) is 30.6. The van der Waals surface area contributed by atoms with Crippen LogP contribution in [-0.2, 0) is 20.9 Å². The summed E-state index contributed by atoms with van der Waals surface area (Å²) in [5.74, 6) is 0.514. The van der Waals surface area contributed by atoms with Crippen LogP contribution >= 0.6 is 22.6 Å². The number of ketones is 2. The highest BCUT2D eigenvalue weighted by atomic mass is 127. The minimum Gasteiger partial charge on any atom is -0.490 e. The molecular formula is C36H43FINO5. The number of carbonyl (C=O) groups excluding carboxylic acids is 2. The molecule has 44 heavy (non-hydrogen) atoms. The molecule has 0 radical (unpaired) electrons. The molecule has 5 rings (SSSR count). The van der Waals surface area contributed by atoms with Gasteiger partial charge in [-0.25, -0.2) is 4.39 Å². The smallest absolute Gasteiger partial charge is 0.174 e. The second-order valence-electron chi connectivity index (χ2n) is 13.7. The summed E-state index contributed by atoms with van der Waals surface area (Å²) in [6.45, 7) is 12.4. The Kier molecular flexibility index (Phi) is 9.61. The molecule has 2 aromatic rings. The predicted octanol–water partition coefficient (Wildman–Crippen LogP) is 8.13. The fraction of sp³-hybridized carbons (Fsp3) is 0.500. The maximum Gasteiger partial charge on any atom is 0.174 e. The molecule has 2 aliphatic carbocycles. The van der Waals surface area contributed by atoms with Crippen molar-refractivity contribution >= 4 is 34.2 Å². The third-order valence-corrected chi connectivity index (χ3v) is 9.49. The second kappa shape index (κ2) is 12.9. The molecule has 0 atom stereocenters. The summed E-state index contributed by atoms with van der Waals surface area (Å²) >= 11 is 2.24. The van der Waals surface area contributed by atoms with Crippen molar-refractivity contribution in [3.63, 3.8) is 0 Å². The summed E-state index contributed by atoms with van der Waals surface area (Å²) < 4.78 is 32.3. The molecule has 0 aromatic heterocycles. The lowest BCUT2D eigenvalue weighted by Crippen LogP contribution is -2.44. The van der Waals surface area contributed by atoms with Crippen molar-refractivity contribution in [3.8, 4) is 11.5 Å². The minimum atomic E-state index is -0.476. The first-order valence-corrected chi connectivity index (χ1v) is 16.5. The van der Waals surface area contributed by atoms with Crippen molar-refractivity contribution in [2.45, 2.75) is 79.2 Å². The van der Waals surface area contributed by atoms with Crippen LogP contribution in [0.2, 0.25) is 0 Å². The summed E-state index contributed by atoms with van der Waals surface area (Å²) in [6.07, 6.45) is 3.17. The standard InChI is InChI=1S/C36H43FINO5/c1-7-43-30-16-23(15-25(38)34(30)44-21-22-10-8-11-24(37)14-22)31-32-26(17-35(2,3)19-28(32)40)39(12-9-13-42-6)27-18-36(4,5)20-29(41)33(27)31/h8,10-11,14-16,31H,7,9,12-13,17-21H2,1-6H3. The topological polar surface area (TPSA) is 65.1 Å². The first-order chi connectivity index (χ1) is 20.8. The van der Waals surface area contributed by atoms with Crippen LogP contribution in [0.4, 0.5) is 4.39 Å². The Hall–Kier alpha value is -2.72. The molecule has 0 N–H and O–H groups in total. The number of benzene rings is 2. The number of ether oxygens (including phenoxy) is 3. The van der Waals surface area contributed by atoms with Gasteiger partial charge >= 0.3 is 0 Å². The van der Waals surface area contributed by atoms with Crippen LogP contribution in [0.5, 0.6) is 11.5 Å². The summed E-state index contributed by atoms with van der Waals surface area (Å²) in [6, 6.07) is 10.3. The number of carbonyl (C=O) groups is 2. The van der Waals surface area contributed by atoms with Gasteiger partial charge in [0.2, 0.25) is 0 Å². The lowest BCUT2D eigenvalue weighted by molar-refractivity contribution is -0.119. The van der Waals surface area contributed by atoms with Crippen LogP contribution in [0, 0.1) is 20.2 Å². The van der Waals surface area contributed by atoms with Gasteiger partial charge < -0.3 is 19.1 Å². The first kappa shape index (κ1) is 32.7. The van der Waals surface area contributed by atoms with Crippen LogP contribution in [0.25, 0.3) is 0 Å². The average Bonchev–Trinajstić information content (AvgIpc) is 2.92. The van der Waals surface area contributed by atoms with Gasteiger partial charge in [-0.3, -0.25) is 9.59 Å². The van der Waals surface area contributed by atoms with Crippen molar-refractivity contribution in [2.75, 3.05) is 26.9 Å². The number of nitrogens with zero attached hydrogens (tertiary/aromatic N) is 1. The van der Waals surface area contributed by atoms with Crippen LogP contribution in [0.3, 0.4) is 0 Å². The Balaban J connectivity index is 1.66. The van der Waals surface area contributed by atoms with E-state index in [-0.39, 0.29) is 34.8 Å². The molecule has 0 saturated heterocycles. The van der Waals surface area contributed by atoms with E-state index in [9.17, 15) is 14.0 Å². The highest BCUT2D eigenvalue weighted by Crippen LogP contribution is 2.55. The van der Waals surface area contributed by atoms with E-state index in [0.29, 0.717) is 49.7 Å². The van der Waals surface area contributed by atoms with Crippen LogP contribution in [0.15, 0.2) is 58.9 Å². The second-order valence-corrected chi connectivity index (χ2v) is 14.9. The van der Waals surface area contributed by atoms with E-state index in [0.717, 1.165) is 50.9 Å². The average molecular weight is 716 g/mol. The van der Waals surface area contributed by atoms with E-state index in [4.69, 9.17) is 14.2 Å². The van der Waals surface area contributed by atoms with Gasteiger partial charge in [-0.05, 0) is 95.0 Å². The lowest BCUT2D eigenvalue weighted by Gasteiger charge is -2.49. The van der Waals surface area contributed by atoms with E-state index < -0.39 is 5.92 Å². The Bertz CT molecular complexity index is 1470. The number of hydrogen-bond donors (Lipinski definition) is 0. The van der Waals surface area contributed by atoms with Gasteiger partial charge in [-0.1, -0.05) is 39.8 Å². The van der Waals surface area contributed by atoms with Crippen molar-refractivity contribution in [2.24, 2.45) is 10.8 Å². The normalized spacial score (nSPS) is 19.7. The quantitative estimate of drug-likeness (QED) is 0.183. The monoisotopic (exact) mass is 715 g/mol. The molecule has 6 nitrogen and oxygen atoms in total. The fourth-order valence-corrected chi connectivity index (χ4v) is 7.74. The fourth-order valence-electron chi connectivity index (χ4n) is 6.96. The van der Waals surface area contributed by atoms with Gasteiger partial charge in [0.1, 0.15) is 12.4 Å². The maximum absolute atomic E-state index is 14.1. The van der Waals surface area contributed by atoms with Crippen molar-refractivity contribution in [1.82, 2.24) is 4.90 Å². The van der Waals surface area contributed by atoms with Crippen molar-refractivity contribution < 1.29 is 28.2 Å². The first-order valence-electron chi connectivity index (χ1n) is 15.5. The van der Waals surface area contributed by atoms with Gasteiger partial charge in [0, 0.05) is 61.6 Å². The van der Waals surface area contributed by atoms with Gasteiger partial charge in [-0.2, -0.15) is 0 Å². The molecular weight excluding hydrogens is 672 g/mol. The summed E-state index contributed by atoms with van der Waals surface area (Å²) in [5.41, 5.74) is 4.74. The molecule has 0 spiro atoms. The zero-order valence-electron chi connectivity index (χ0n) is 26.6. The van der Waals surface area contributed by atoms with Gasteiger partial charge in [0.05, 0.1) is 10.2 Å². The van der Waals surface area contributed by atoms with E-state index in [2.05, 4.69) is 55.2 Å². The third kappa shape index (κ3) is 6.76. The molecule has 3 aliphatic rings. The van der Waals surface area contributed by atoms with E-state index in [1.165, 1.54) is 12.1 Å². The van der Waals surface area contributed by atoms with Gasteiger partial charge in [-0.15, -0.1) is 0 Å². The summed E-state index contributed by atoms with van der Waals surface area (Å²) in [5, 5.41) is 0. The van der Waals surface area contributed by atoms with E-state index in [1.807, 2.05) is 25.1 Å². The maximum atomic E-state index is 14.1. The molecule has 0 amide bonds. The van der Waals surface area contributed by atoms with Crippen LogP contribution in [0.1, 0.15) is 83.8 Å². The van der Waals surface area contributed by atoms with Crippen molar-refractivity contribution in [3.05, 3.63) is 79.5 Å². The Morgan fingerprint density at radius 3 is 2.14 bits per heavy atom. The Morgan fingerprint density at radius 2 is 1.57 bits per heavy atom. The van der Waals surface area contributed by atoms with E-state index in [1.54, 1.807) is 13.2 Å². The zero-order chi connectivity index (χ0) is 31.8. The Morgan fingerprint density at radius 1 is 0.932 bits per heavy atom. The molecule has 2 aromatic carbocycles. The molecule has 0 unspecified atom stereocenters. The predicted molar refractivity (Wildman–Crippen MR) is 177 cm³/mol. The third-order valence-electron chi connectivity index (χ3n) is 8.69.